The Morgan fingerprint density at radius 3 is 2.71 bits per heavy atom. The van der Waals surface area contributed by atoms with E-state index in [4.69, 9.17) is 0 Å². The molecule has 3 rings (SSSR count). The van der Waals surface area contributed by atoms with Crippen molar-refractivity contribution in [1.29, 1.82) is 0 Å². The first-order valence-corrected chi connectivity index (χ1v) is 6.63. The summed E-state index contributed by atoms with van der Waals surface area (Å²) in [6.07, 6.45) is 2.45. The number of rotatable bonds is 2. The van der Waals surface area contributed by atoms with Gasteiger partial charge in [-0.15, -0.1) is 0 Å². The molecule has 17 heavy (non-hydrogen) atoms. The summed E-state index contributed by atoms with van der Waals surface area (Å²) in [6.45, 7) is 2.10. The highest BCUT2D eigenvalue weighted by Crippen LogP contribution is 2.39. The molecule has 0 spiro atoms. The van der Waals surface area contributed by atoms with Gasteiger partial charge in [-0.1, -0.05) is 23.8 Å². The van der Waals surface area contributed by atoms with Gasteiger partial charge in [-0.3, -0.25) is 0 Å². The number of hydrogen-bond acceptors (Lipinski definition) is 2. The van der Waals surface area contributed by atoms with Crippen LogP contribution in [0.2, 0.25) is 0 Å². The zero-order chi connectivity index (χ0) is 11.8. The molecule has 1 fully saturated rings. The van der Waals surface area contributed by atoms with Crippen LogP contribution in [0.3, 0.4) is 0 Å². The monoisotopic (exact) mass is 288 g/mol. The molecule has 1 aliphatic rings. The summed E-state index contributed by atoms with van der Waals surface area (Å²) in [5.41, 5.74) is 3.43. The Morgan fingerprint density at radius 1 is 1.18 bits per heavy atom. The molecule has 1 heterocycles. The van der Waals surface area contributed by atoms with E-state index in [9.17, 15) is 0 Å². The maximum Gasteiger partial charge on any atom is 0.133 e. The van der Waals surface area contributed by atoms with E-state index in [0.717, 1.165) is 21.7 Å². The first kappa shape index (κ1) is 10.9. The van der Waals surface area contributed by atoms with Gasteiger partial charge in [0.1, 0.15) is 10.4 Å². The van der Waals surface area contributed by atoms with Crippen molar-refractivity contribution in [3.05, 3.63) is 46.3 Å². The molecule has 1 saturated carbocycles. The van der Waals surface area contributed by atoms with E-state index in [1.807, 2.05) is 6.07 Å². The van der Waals surface area contributed by atoms with Gasteiger partial charge >= 0.3 is 0 Å². The van der Waals surface area contributed by atoms with E-state index in [1.165, 1.54) is 18.4 Å². The molecule has 1 aromatic heterocycles. The molecule has 0 N–H and O–H groups in total. The summed E-state index contributed by atoms with van der Waals surface area (Å²) in [7, 11) is 0. The molecule has 1 aromatic carbocycles. The third kappa shape index (κ3) is 2.39. The van der Waals surface area contributed by atoms with Crippen molar-refractivity contribution in [2.24, 2.45) is 0 Å². The van der Waals surface area contributed by atoms with Crippen LogP contribution in [0, 0.1) is 6.92 Å². The Labute approximate surface area is 109 Å². The number of benzene rings is 1. The Kier molecular flexibility index (Phi) is 2.71. The molecular weight excluding hydrogens is 276 g/mol. The van der Waals surface area contributed by atoms with Crippen molar-refractivity contribution in [3.8, 4) is 11.3 Å². The van der Waals surface area contributed by atoms with Gasteiger partial charge in [0.2, 0.25) is 0 Å². The highest BCUT2D eigenvalue weighted by Gasteiger charge is 2.27. The lowest BCUT2D eigenvalue weighted by Crippen LogP contribution is -1.95. The Bertz CT molecular complexity index is 562. The number of aromatic nitrogens is 2. The first-order valence-electron chi connectivity index (χ1n) is 5.84. The van der Waals surface area contributed by atoms with E-state index >= 15 is 0 Å². The Morgan fingerprint density at radius 2 is 2.00 bits per heavy atom. The van der Waals surface area contributed by atoms with E-state index in [-0.39, 0.29) is 0 Å². The smallest absolute Gasteiger partial charge is 0.133 e. The summed E-state index contributed by atoms with van der Waals surface area (Å²) in [6, 6.07) is 10.4. The fourth-order valence-electron chi connectivity index (χ4n) is 1.91. The van der Waals surface area contributed by atoms with Crippen LogP contribution >= 0.6 is 15.9 Å². The highest BCUT2D eigenvalue weighted by molar-refractivity contribution is 9.10. The van der Waals surface area contributed by atoms with Gasteiger partial charge in [0, 0.05) is 11.5 Å². The second-order valence-corrected chi connectivity index (χ2v) is 5.39. The van der Waals surface area contributed by atoms with E-state index in [2.05, 4.69) is 57.1 Å². The topological polar surface area (TPSA) is 25.8 Å². The van der Waals surface area contributed by atoms with Crippen LogP contribution in [-0.4, -0.2) is 9.97 Å². The zero-order valence-corrected chi connectivity index (χ0v) is 11.2. The molecule has 0 radical (unpaired) electrons. The molecule has 3 heteroatoms. The highest BCUT2D eigenvalue weighted by atomic mass is 79.9. The molecule has 0 aliphatic heterocycles. The molecule has 2 nitrogen and oxygen atoms in total. The maximum atomic E-state index is 4.67. The Hall–Kier alpha value is -1.22. The fourth-order valence-corrected chi connectivity index (χ4v) is 2.31. The van der Waals surface area contributed by atoms with Crippen LogP contribution < -0.4 is 0 Å². The number of nitrogens with zero attached hydrogens (tertiary/aromatic N) is 2. The van der Waals surface area contributed by atoms with Gasteiger partial charge in [0.25, 0.3) is 0 Å². The van der Waals surface area contributed by atoms with Crippen LogP contribution in [0.4, 0.5) is 0 Å². The normalized spacial score (nSPS) is 14.9. The quantitative estimate of drug-likeness (QED) is 0.778. The van der Waals surface area contributed by atoms with Crippen LogP contribution in [0.5, 0.6) is 0 Å². The minimum Gasteiger partial charge on any atom is -0.233 e. The van der Waals surface area contributed by atoms with Crippen molar-refractivity contribution in [1.82, 2.24) is 9.97 Å². The standard InChI is InChI=1S/C14H13BrN2/c1-9-3-2-4-11(7-9)12-8-13(15)17-14(16-12)10-5-6-10/h2-4,7-8,10H,5-6H2,1H3. The molecule has 1 aliphatic carbocycles. The summed E-state index contributed by atoms with van der Waals surface area (Å²) in [5.74, 6) is 1.56. The molecule has 2 aromatic rings. The lowest BCUT2D eigenvalue weighted by atomic mass is 10.1. The second-order valence-electron chi connectivity index (χ2n) is 4.58. The third-order valence-corrected chi connectivity index (χ3v) is 3.37. The molecular formula is C14H13BrN2. The van der Waals surface area contributed by atoms with Crippen molar-refractivity contribution in [2.75, 3.05) is 0 Å². The van der Waals surface area contributed by atoms with Crippen molar-refractivity contribution in [2.45, 2.75) is 25.7 Å². The van der Waals surface area contributed by atoms with Gasteiger partial charge in [-0.05, 0) is 47.8 Å². The van der Waals surface area contributed by atoms with E-state index < -0.39 is 0 Å². The van der Waals surface area contributed by atoms with Crippen LogP contribution in [0.1, 0.15) is 30.1 Å². The third-order valence-electron chi connectivity index (χ3n) is 2.97. The average Bonchev–Trinajstić information content (AvgIpc) is 3.12. The average molecular weight is 289 g/mol. The van der Waals surface area contributed by atoms with Crippen LogP contribution in [0.15, 0.2) is 34.9 Å². The number of hydrogen-bond donors (Lipinski definition) is 0. The largest absolute Gasteiger partial charge is 0.233 e. The molecule has 0 atom stereocenters. The summed E-state index contributed by atoms with van der Waals surface area (Å²) < 4.78 is 0.880. The molecule has 0 unspecified atom stereocenters. The van der Waals surface area contributed by atoms with Crippen molar-refractivity contribution in [3.63, 3.8) is 0 Å². The number of aryl methyl sites for hydroxylation is 1. The minimum atomic E-state index is 0.580. The van der Waals surface area contributed by atoms with E-state index in [1.54, 1.807) is 0 Å². The summed E-state index contributed by atoms with van der Waals surface area (Å²) in [4.78, 5) is 9.12. The number of halogens is 1. The summed E-state index contributed by atoms with van der Waals surface area (Å²) >= 11 is 3.47. The predicted octanol–water partition coefficient (Wildman–Crippen LogP) is 4.09. The second kappa shape index (κ2) is 4.22. The van der Waals surface area contributed by atoms with Gasteiger partial charge in [0.15, 0.2) is 0 Å². The zero-order valence-electron chi connectivity index (χ0n) is 9.65. The predicted molar refractivity (Wildman–Crippen MR) is 71.9 cm³/mol. The van der Waals surface area contributed by atoms with Gasteiger partial charge in [-0.2, -0.15) is 0 Å². The fraction of sp³-hybridized carbons (Fsp3) is 0.286. The minimum absolute atomic E-state index is 0.580. The van der Waals surface area contributed by atoms with Crippen molar-refractivity contribution >= 4 is 15.9 Å². The molecule has 0 bridgehead atoms. The van der Waals surface area contributed by atoms with Gasteiger partial charge in [0.05, 0.1) is 5.69 Å². The molecule has 0 amide bonds. The van der Waals surface area contributed by atoms with Crippen molar-refractivity contribution < 1.29 is 0 Å². The van der Waals surface area contributed by atoms with Gasteiger partial charge in [-0.25, -0.2) is 9.97 Å². The lowest BCUT2D eigenvalue weighted by Gasteiger charge is -2.05. The van der Waals surface area contributed by atoms with Gasteiger partial charge < -0.3 is 0 Å². The van der Waals surface area contributed by atoms with Crippen LogP contribution in [-0.2, 0) is 0 Å². The first-order chi connectivity index (χ1) is 8.22. The molecule has 86 valence electrons. The SMILES string of the molecule is Cc1cccc(-c2cc(Br)nc(C3CC3)n2)c1. The Balaban J connectivity index is 2.07. The lowest BCUT2D eigenvalue weighted by molar-refractivity contribution is 0.919. The summed E-state index contributed by atoms with van der Waals surface area (Å²) in [5, 5.41) is 0. The van der Waals surface area contributed by atoms with Crippen LogP contribution in [0.25, 0.3) is 11.3 Å². The maximum absolute atomic E-state index is 4.67. The molecule has 0 saturated heterocycles. The van der Waals surface area contributed by atoms with E-state index in [0.29, 0.717) is 5.92 Å².